The molecule has 0 heterocycles. The summed E-state index contributed by atoms with van der Waals surface area (Å²) in [6.07, 6.45) is 0. The maximum absolute atomic E-state index is 8.71. The highest BCUT2D eigenvalue weighted by atomic mass is 16.3. The Labute approximate surface area is 77.1 Å². The molecule has 0 saturated heterocycles. The molecule has 0 unspecified atom stereocenters. The molecule has 0 fully saturated rings. The van der Waals surface area contributed by atoms with Crippen molar-refractivity contribution in [3.05, 3.63) is 18.2 Å². The number of carbonyl (C=O) groups excluding carboxylic acids is 1. The van der Waals surface area contributed by atoms with Crippen LogP contribution in [0.25, 0.3) is 0 Å². The quantitative estimate of drug-likeness (QED) is 0.538. The minimum absolute atomic E-state index is 0.310. The maximum Gasteiger partial charge on any atom is 0.200 e. The Hall–Kier alpha value is -1.71. The summed E-state index contributed by atoms with van der Waals surface area (Å²) >= 11 is 0. The van der Waals surface area contributed by atoms with Gasteiger partial charge in [-0.25, -0.2) is 0 Å². The van der Waals surface area contributed by atoms with Gasteiger partial charge in [-0.1, -0.05) is 19.9 Å². The third-order valence-electron chi connectivity index (χ3n) is 0.993. The molecule has 0 saturated carbocycles. The van der Waals surface area contributed by atoms with Gasteiger partial charge in [-0.3, -0.25) is 0 Å². The summed E-state index contributed by atoms with van der Waals surface area (Å²) in [5.74, 6) is -1.09. The summed E-state index contributed by atoms with van der Waals surface area (Å²) in [4.78, 5) is 8.00. The van der Waals surface area contributed by atoms with Crippen molar-refractivity contribution in [2.45, 2.75) is 13.8 Å². The van der Waals surface area contributed by atoms with Gasteiger partial charge >= 0.3 is 0 Å². The second-order valence-corrected chi connectivity index (χ2v) is 1.64. The van der Waals surface area contributed by atoms with E-state index in [4.69, 9.17) is 20.1 Å². The molecule has 3 N–H and O–H groups in total. The average Bonchev–Trinajstić information content (AvgIpc) is 2.20. The van der Waals surface area contributed by atoms with Gasteiger partial charge in [-0.15, -0.1) is 0 Å². The molecule has 0 aromatic heterocycles. The molecule has 1 aromatic rings. The number of hydrogen-bond acceptors (Lipinski definition) is 4. The maximum atomic E-state index is 8.71. The highest BCUT2D eigenvalue weighted by Gasteiger charge is 2.00. The van der Waals surface area contributed by atoms with Crippen molar-refractivity contribution in [3.8, 4) is 17.2 Å². The lowest BCUT2D eigenvalue weighted by molar-refractivity contribution is -0.0979. The first-order chi connectivity index (χ1) is 6.22. The van der Waals surface area contributed by atoms with Crippen LogP contribution in [0.5, 0.6) is 17.2 Å². The molecule has 0 amide bonds. The van der Waals surface area contributed by atoms with E-state index >= 15 is 0 Å². The van der Waals surface area contributed by atoms with Gasteiger partial charge in [0.2, 0.25) is 0 Å². The Balaban J connectivity index is 0. The molecule has 4 heteroatoms. The largest absolute Gasteiger partial charge is 0.504 e. The van der Waals surface area contributed by atoms with Crippen LogP contribution in [0.4, 0.5) is 0 Å². The SMILES string of the molecule is C=O.CC.Oc1cccc(O)c1O. The lowest BCUT2D eigenvalue weighted by Crippen LogP contribution is -1.67. The van der Waals surface area contributed by atoms with Crippen LogP contribution in [0.3, 0.4) is 0 Å². The van der Waals surface area contributed by atoms with Gasteiger partial charge in [-0.05, 0) is 12.1 Å². The van der Waals surface area contributed by atoms with E-state index in [0.717, 1.165) is 0 Å². The van der Waals surface area contributed by atoms with Crippen molar-refractivity contribution < 1.29 is 20.1 Å². The van der Waals surface area contributed by atoms with Crippen molar-refractivity contribution in [2.24, 2.45) is 0 Å². The molecule has 0 bridgehead atoms. The van der Waals surface area contributed by atoms with E-state index < -0.39 is 5.75 Å². The first-order valence-electron chi connectivity index (χ1n) is 3.70. The van der Waals surface area contributed by atoms with Crippen LogP contribution in [0.1, 0.15) is 13.8 Å². The summed E-state index contributed by atoms with van der Waals surface area (Å²) in [7, 11) is 0. The molecule has 0 spiro atoms. The van der Waals surface area contributed by atoms with Gasteiger partial charge in [0.05, 0.1) is 0 Å². The van der Waals surface area contributed by atoms with Crippen LogP contribution in [0.15, 0.2) is 18.2 Å². The normalized spacial score (nSPS) is 7.23. The fourth-order valence-electron chi connectivity index (χ4n) is 0.519. The molecule has 0 atom stereocenters. The predicted molar refractivity (Wildman–Crippen MR) is 49.9 cm³/mol. The smallest absolute Gasteiger partial charge is 0.200 e. The zero-order valence-corrected chi connectivity index (χ0v) is 7.69. The van der Waals surface area contributed by atoms with Gasteiger partial charge in [-0.2, -0.15) is 0 Å². The first kappa shape index (κ1) is 13.9. The van der Waals surface area contributed by atoms with Crippen LogP contribution in [-0.4, -0.2) is 22.1 Å². The van der Waals surface area contributed by atoms with E-state index in [2.05, 4.69) is 0 Å². The van der Waals surface area contributed by atoms with E-state index in [1.165, 1.54) is 18.2 Å². The average molecular weight is 186 g/mol. The number of aromatic hydroxyl groups is 3. The Bertz CT molecular complexity index is 215. The third-order valence-corrected chi connectivity index (χ3v) is 0.993. The van der Waals surface area contributed by atoms with Gasteiger partial charge < -0.3 is 20.1 Å². The Morgan fingerprint density at radius 2 is 1.31 bits per heavy atom. The summed E-state index contributed by atoms with van der Waals surface area (Å²) in [5, 5.41) is 26.1. The van der Waals surface area contributed by atoms with Crippen LogP contribution >= 0.6 is 0 Å². The molecule has 1 rings (SSSR count). The molecular formula is C9H14O4. The Morgan fingerprint density at radius 1 is 1.00 bits per heavy atom. The van der Waals surface area contributed by atoms with Crippen molar-refractivity contribution in [1.82, 2.24) is 0 Å². The van der Waals surface area contributed by atoms with Crippen molar-refractivity contribution in [1.29, 1.82) is 0 Å². The Kier molecular flexibility index (Phi) is 8.94. The molecule has 0 aliphatic carbocycles. The molecule has 74 valence electrons. The van der Waals surface area contributed by atoms with Gasteiger partial charge in [0.15, 0.2) is 17.2 Å². The molecule has 4 nitrogen and oxygen atoms in total. The fraction of sp³-hybridized carbons (Fsp3) is 0.222. The van der Waals surface area contributed by atoms with E-state index in [0.29, 0.717) is 0 Å². The monoisotopic (exact) mass is 186 g/mol. The topological polar surface area (TPSA) is 77.8 Å². The molecule has 0 radical (unpaired) electrons. The van der Waals surface area contributed by atoms with E-state index in [1.54, 1.807) is 0 Å². The van der Waals surface area contributed by atoms with Gasteiger partial charge in [0, 0.05) is 0 Å². The molecule has 0 aliphatic rings. The van der Waals surface area contributed by atoms with Gasteiger partial charge in [0.25, 0.3) is 0 Å². The Morgan fingerprint density at radius 3 is 1.54 bits per heavy atom. The molecule has 13 heavy (non-hydrogen) atoms. The highest BCUT2D eigenvalue weighted by Crippen LogP contribution is 2.32. The lowest BCUT2D eigenvalue weighted by atomic mass is 10.3. The number of para-hydroxylation sites is 1. The fourth-order valence-corrected chi connectivity index (χ4v) is 0.519. The standard InChI is InChI=1S/C6H6O3.C2H6.CH2O/c7-4-2-1-3-5(8)6(4)9;2*1-2/h1-3,7-9H;1-2H3;1H2. The van der Waals surface area contributed by atoms with Crippen LogP contribution < -0.4 is 0 Å². The third kappa shape index (κ3) is 4.68. The highest BCUT2D eigenvalue weighted by molar-refractivity contribution is 5.47. The molecule has 1 aromatic carbocycles. The number of benzene rings is 1. The van der Waals surface area contributed by atoms with Crippen molar-refractivity contribution in [3.63, 3.8) is 0 Å². The van der Waals surface area contributed by atoms with E-state index in [-0.39, 0.29) is 11.5 Å². The summed E-state index contributed by atoms with van der Waals surface area (Å²) < 4.78 is 0. The minimum Gasteiger partial charge on any atom is -0.504 e. The van der Waals surface area contributed by atoms with E-state index in [1.807, 2.05) is 20.6 Å². The summed E-state index contributed by atoms with van der Waals surface area (Å²) in [5.41, 5.74) is 0. The van der Waals surface area contributed by atoms with Crippen LogP contribution in [-0.2, 0) is 4.79 Å². The number of rotatable bonds is 0. The predicted octanol–water partition coefficient (Wildman–Crippen LogP) is 1.64. The van der Waals surface area contributed by atoms with Crippen LogP contribution in [0, 0.1) is 0 Å². The number of phenolic OH excluding ortho intramolecular Hbond substituents is 3. The van der Waals surface area contributed by atoms with Gasteiger partial charge in [0.1, 0.15) is 6.79 Å². The van der Waals surface area contributed by atoms with Crippen molar-refractivity contribution >= 4 is 6.79 Å². The summed E-state index contributed by atoms with van der Waals surface area (Å²) in [6, 6.07) is 4.01. The molecule has 0 aliphatic heterocycles. The first-order valence-corrected chi connectivity index (χ1v) is 3.70. The molecular weight excluding hydrogens is 172 g/mol. The number of carbonyl (C=O) groups is 1. The minimum atomic E-state index is -0.475. The van der Waals surface area contributed by atoms with E-state index in [9.17, 15) is 0 Å². The second-order valence-electron chi connectivity index (χ2n) is 1.64. The zero-order valence-electron chi connectivity index (χ0n) is 7.69. The lowest BCUT2D eigenvalue weighted by Gasteiger charge is -1.96. The van der Waals surface area contributed by atoms with Crippen molar-refractivity contribution in [2.75, 3.05) is 0 Å². The second kappa shape index (κ2) is 8.39. The number of hydrogen-bond donors (Lipinski definition) is 3. The zero-order chi connectivity index (χ0) is 10.9. The number of phenols is 3. The summed E-state index contributed by atoms with van der Waals surface area (Å²) in [6.45, 7) is 6.00. The van der Waals surface area contributed by atoms with Crippen LogP contribution in [0.2, 0.25) is 0 Å².